The lowest BCUT2D eigenvalue weighted by atomic mass is 10.1. The van der Waals surface area contributed by atoms with Crippen LogP contribution in [0.5, 0.6) is 11.5 Å². The third-order valence-corrected chi connectivity index (χ3v) is 15.0. The number of aryl methyl sites for hydroxylation is 1. The number of hydrogen-bond donors (Lipinski definition) is 0. The Morgan fingerprint density at radius 3 is 1.82 bits per heavy atom. The van der Waals surface area contributed by atoms with E-state index in [0.29, 0.717) is 16.9 Å². The fourth-order valence-corrected chi connectivity index (χ4v) is 4.43. The molecule has 0 spiro atoms. The van der Waals surface area contributed by atoms with Crippen molar-refractivity contribution in [2.45, 2.75) is 84.7 Å². The number of rotatable bonds is 4. The first kappa shape index (κ1) is 22.7. The molecule has 0 N–H and O–H groups in total. The molecule has 28 heavy (non-hydrogen) atoms. The van der Waals surface area contributed by atoms with Gasteiger partial charge < -0.3 is 13.3 Å². The lowest BCUT2D eigenvalue weighted by Crippen LogP contribution is -2.44. The van der Waals surface area contributed by atoms with Crippen molar-refractivity contribution in [3.05, 3.63) is 34.4 Å². The summed E-state index contributed by atoms with van der Waals surface area (Å²) in [6, 6.07) is 5.71. The average Bonchev–Trinajstić information content (AvgIpc) is 2.42. The van der Waals surface area contributed by atoms with Crippen molar-refractivity contribution in [3.63, 3.8) is 0 Å². The van der Waals surface area contributed by atoms with Gasteiger partial charge in [-0.15, -0.1) is 0 Å². The first-order valence-electron chi connectivity index (χ1n) is 9.91. The summed E-state index contributed by atoms with van der Waals surface area (Å²) >= 11 is 0. The maximum absolute atomic E-state index is 12.6. The Balaban J connectivity index is 2.69. The summed E-state index contributed by atoms with van der Waals surface area (Å²) in [5, 5.41) is 1.39. The molecule has 0 unspecified atom stereocenters. The van der Waals surface area contributed by atoms with Gasteiger partial charge in [-0.25, -0.2) is 4.79 Å². The second-order valence-electron chi connectivity index (χ2n) is 10.8. The quantitative estimate of drug-likeness (QED) is 0.506. The van der Waals surface area contributed by atoms with E-state index >= 15 is 0 Å². The fourth-order valence-electron chi connectivity index (χ4n) is 2.40. The first-order valence-corrected chi connectivity index (χ1v) is 15.7. The highest BCUT2D eigenvalue weighted by Crippen LogP contribution is 2.42. The molecule has 4 nitrogen and oxygen atoms in total. The number of benzene rings is 1. The van der Waals surface area contributed by atoms with Crippen LogP contribution in [0, 0.1) is 6.92 Å². The van der Waals surface area contributed by atoms with Crippen molar-refractivity contribution in [2.75, 3.05) is 0 Å². The van der Waals surface area contributed by atoms with Crippen LogP contribution in [0.25, 0.3) is 10.8 Å². The zero-order valence-electron chi connectivity index (χ0n) is 19.4. The molecule has 0 aliphatic carbocycles. The Morgan fingerprint density at radius 2 is 1.32 bits per heavy atom. The molecule has 156 valence electrons. The summed E-state index contributed by atoms with van der Waals surface area (Å²) in [4.78, 5) is 12.6. The topological polar surface area (TPSA) is 48.7 Å². The lowest BCUT2D eigenvalue weighted by Gasteiger charge is -2.38. The Morgan fingerprint density at radius 1 is 0.821 bits per heavy atom. The SMILES string of the molecule is Cc1cc2cc(O[Si](C)(C)C(C)(C)C)cc(O[Si](C)(C)C(C)(C)C)c2c(=O)o1. The van der Waals surface area contributed by atoms with Crippen LogP contribution in [0.4, 0.5) is 0 Å². The van der Waals surface area contributed by atoms with Crippen LogP contribution in [0.1, 0.15) is 47.3 Å². The second kappa shape index (κ2) is 7.06. The van der Waals surface area contributed by atoms with Crippen LogP contribution in [-0.4, -0.2) is 16.6 Å². The maximum Gasteiger partial charge on any atom is 0.347 e. The van der Waals surface area contributed by atoms with Gasteiger partial charge >= 0.3 is 5.63 Å². The molecular weight excluding hydrogens is 384 g/mol. The molecule has 0 aliphatic heterocycles. The van der Waals surface area contributed by atoms with Crippen molar-refractivity contribution in [1.29, 1.82) is 0 Å². The van der Waals surface area contributed by atoms with E-state index in [-0.39, 0.29) is 15.7 Å². The van der Waals surface area contributed by atoms with Gasteiger partial charge in [0.05, 0.1) is 0 Å². The number of fused-ring (bicyclic) bond motifs is 1. The van der Waals surface area contributed by atoms with Gasteiger partial charge in [-0.1, -0.05) is 41.5 Å². The van der Waals surface area contributed by atoms with E-state index in [1.54, 1.807) is 6.92 Å². The molecule has 1 aromatic heterocycles. The van der Waals surface area contributed by atoms with Gasteiger partial charge in [-0.05, 0) is 60.7 Å². The van der Waals surface area contributed by atoms with Gasteiger partial charge in [-0.3, -0.25) is 0 Å². The highest BCUT2D eigenvalue weighted by molar-refractivity contribution is 6.75. The predicted octanol–water partition coefficient (Wildman–Crippen LogP) is 6.87. The zero-order valence-corrected chi connectivity index (χ0v) is 21.4. The molecular formula is C22H36O4Si2. The van der Waals surface area contributed by atoms with Crippen molar-refractivity contribution >= 4 is 27.4 Å². The molecule has 1 heterocycles. The summed E-state index contributed by atoms with van der Waals surface area (Å²) in [7, 11) is -4.17. The zero-order chi connectivity index (χ0) is 21.7. The smallest absolute Gasteiger partial charge is 0.347 e. The molecule has 0 saturated carbocycles. The molecule has 0 radical (unpaired) electrons. The molecule has 0 atom stereocenters. The standard InChI is InChI=1S/C22H36O4Si2/c1-15-12-16-13-17(25-27(8,9)21(2,3)4)14-18(19(16)20(23)24-15)26-28(10,11)22(5,6)7/h12-14H,1-11H3. The van der Waals surface area contributed by atoms with Crippen LogP contribution in [0.2, 0.25) is 36.3 Å². The molecule has 0 saturated heterocycles. The molecule has 2 rings (SSSR count). The van der Waals surface area contributed by atoms with E-state index < -0.39 is 16.6 Å². The highest BCUT2D eigenvalue weighted by Gasteiger charge is 2.41. The van der Waals surface area contributed by atoms with E-state index in [0.717, 1.165) is 11.1 Å². The molecule has 0 fully saturated rings. The summed E-state index contributed by atoms with van der Waals surface area (Å²) in [6.45, 7) is 23.8. The Labute approximate surface area is 171 Å². The van der Waals surface area contributed by atoms with Crippen LogP contribution in [0.3, 0.4) is 0 Å². The van der Waals surface area contributed by atoms with E-state index in [1.165, 1.54) is 0 Å². The Hall–Kier alpha value is -1.54. The van der Waals surface area contributed by atoms with Crippen molar-refractivity contribution in [1.82, 2.24) is 0 Å². The van der Waals surface area contributed by atoms with Crippen molar-refractivity contribution in [2.24, 2.45) is 0 Å². The molecule has 1 aromatic carbocycles. The van der Waals surface area contributed by atoms with E-state index in [2.05, 4.69) is 67.7 Å². The second-order valence-corrected chi connectivity index (χ2v) is 20.2. The average molecular weight is 421 g/mol. The van der Waals surface area contributed by atoms with Crippen LogP contribution < -0.4 is 14.5 Å². The van der Waals surface area contributed by atoms with Gasteiger partial charge in [0.15, 0.2) is 0 Å². The first-order chi connectivity index (χ1) is 12.4. The molecule has 0 amide bonds. The van der Waals surface area contributed by atoms with Crippen LogP contribution >= 0.6 is 0 Å². The van der Waals surface area contributed by atoms with Gasteiger partial charge in [0.25, 0.3) is 8.32 Å². The van der Waals surface area contributed by atoms with E-state index in [4.69, 9.17) is 13.3 Å². The minimum Gasteiger partial charge on any atom is -0.543 e. The van der Waals surface area contributed by atoms with Gasteiger partial charge in [0.1, 0.15) is 22.6 Å². The van der Waals surface area contributed by atoms with Crippen LogP contribution in [-0.2, 0) is 0 Å². The van der Waals surface area contributed by atoms with Crippen LogP contribution in [0.15, 0.2) is 27.4 Å². The summed E-state index contributed by atoms with van der Waals surface area (Å²) < 4.78 is 18.5. The Kier molecular flexibility index (Phi) is 5.74. The van der Waals surface area contributed by atoms with Gasteiger partial charge in [-0.2, -0.15) is 0 Å². The highest BCUT2D eigenvalue weighted by atomic mass is 28.4. The van der Waals surface area contributed by atoms with E-state index in [1.807, 2.05) is 18.2 Å². The predicted molar refractivity (Wildman–Crippen MR) is 123 cm³/mol. The normalized spacial score (nSPS) is 13.7. The van der Waals surface area contributed by atoms with E-state index in [9.17, 15) is 4.79 Å². The third-order valence-electron chi connectivity index (χ3n) is 6.27. The monoisotopic (exact) mass is 420 g/mol. The summed E-state index contributed by atoms with van der Waals surface area (Å²) in [5.41, 5.74) is -0.359. The third kappa shape index (κ3) is 4.54. The van der Waals surface area contributed by atoms with Crippen molar-refractivity contribution in [3.8, 4) is 11.5 Å². The van der Waals surface area contributed by atoms with Gasteiger partial charge in [0.2, 0.25) is 8.32 Å². The maximum atomic E-state index is 12.6. The number of hydrogen-bond acceptors (Lipinski definition) is 4. The molecule has 2 aromatic rings. The summed E-state index contributed by atoms with van der Waals surface area (Å²) in [5.74, 6) is 1.92. The Bertz CT molecular complexity index is 928. The lowest BCUT2D eigenvalue weighted by molar-refractivity contribution is 0.468. The molecule has 6 heteroatoms. The molecule has 0 bridgehead atoms. The fraction of sp³-hybridized carbons (Fsp3) is 0.591. The summed E-state index contributed by atoms with van der Waals surface area (Å²) in [6.07, 6.45) is 0. The van der Waals surface area contributed by atoms with Gasteiger partial charge in [0, 0.05) is 6.07 Å². The minimum absolute atomic E-state index is 0.0144. The largest absolute Gasteiger partial charge is 0.543 e. The minimum atomic E-state index is -2.14. The van der Waals surface area contributed by atoms with Crippen molar-refractivity contribution < 1.29 is 13.3 Å². The molecule has 0 aliphatic rings.